The van der Waals surface area contributed by atoms with Gasteiger partial charge in [-0.1, -0.05) is 41.7 Å². The van der Waals surface area contributed by atoms with Gasteiger partial charge in [-0.25, -0.2) is 0 Å². The molecule has 3 N–H and O–H groups in total. The van der Waals surface area contributed by atoms with Crippen LogP contribution in [0.1, 0.15) is 36.2 Å². The highest BCUT2D eigenvalue weighted by Gasteiger charge is 2.35. The second kappa shape index (κ2) is 6.10. The number of aromatic nitrogens is 1. The first-order chi connectivity index (χ1) is 10.6. The predicted octanol–water partition coefficient (Wildman–Crippen LogP) is 3.00. The Morgan fingerprint density at radius 3 is 2.82 bits per heavy atom. The van der Waals surface area contributed by atoms with Gasteiger partial charge in [0.25, 0.3) is 5.91 Å². The van der Waals surface area contributed by atoms with Crippen molar-refractivity contribution < 1.29 is 9.32 Å². The minimum atomic E-state index is -0.305. The Balaban J connectivity index is 1.77. The van der Waals surface area contributed by atoms with Gasteiger partial charge in [-0.2, -0.15) is 0 Å². The number of hydrogen-bond acceptors (Lipinski definition) is 4. The molecule has 0 unspecified atom stereocenters. The molecule has 0 radical (unpaired) electrons. The summed E-state index contributed by atoms with van der Waals surface area (Å²) in [6, 6.07) is 8.88. The summed E-state index contributed by atoms with van der Waals surface area (Å²) in [5.41, 5.74) is 6.92. The van der Waals surface area contributed by atoms with Crippen LogP contribution in [0, 0.1) is 0 Å². The van der Waals surface area contributed by atoms with Crippen molar-refractivity contribution in [2.24, 2.45) is 5.73 Å². The summed E-state index contributed by atoms with van der Waals surface area (Å²) in [4.78, 5) is 12.3. The van der Waals surface area contributed by atoms with E-state index in [2.05, 4.69) is 10.5 Å². The highest BCUT2D eigenvalue weighted by atomic mass is 35.5. The van der Waals surface area contributed by atoms with Crippen LogP contribution in [0.4, 0.5) is 0 Å². The molecule has 0 spiro atoms. The van der Waals surface area contributed by atoms with Gasteiger partial charge in [0.15, 0.2) is 0 Å². The van der Waals surface area contributed by atoms with E-state index >= 15 is 0 Å². The third kappa shape index (κ3) is 3.00. The number of nitrogens with one attached hydrogen (secondary N) is 1. The Labute approximate surface area is 133 Å². The molecule has 1 amide bonds. The van der Waals surface area contributed by atoms with E-state index in [1.54, 1.807) is 18.2 Å². The molecule has 0 saturated heterocycles. The maximum Gasteiger partial charge on any atom is 0.290 e. The molecule has 1 saturated carbocycles. The van der Waals surface area contributed by atoms with Crippen molar-refractivity contribution in [3.05, 3.63) is 41.1 Å². The smallest absolute Gasteiger partial charge is 0.290 e. The number of halogens is 1. The number of rotatable bonds is 4. The molecule has 0 bridgehead atoms. The van der Waals surface area contributed by atoms with Gasteiger partial charge in [0.2, 0.25) is 5.76 Å². The van der Waals surface area contributed by atoms with E-state index in [4.69, 9.17) is 21.9 Å². The van der Waals surface area contributed by atoms with Crippen LogP contribution < -0.4 is 11.1 Å². The third-order valence-corrected chi connectivity index (χ3v) is 4.42. The summed E-state index contributed by atoms with van der Waals surface area (Å²) < 4.78 is 5.17. The number of carbonyl (C=O) groups is 1. The van der Waals surface area contributed by atoms with Crippen LogP contribution in [0.15, 0.2) is 34.9 Å². The van der Waals surface area contributed by atoms with E-state index in [9.17, 15) is 4.79 Å². The van der Waals surface area contributed by atoms with Gasteiger partial charge in [0.05, 0.1) is 5.54 Å². The van der Waals surface area contributed by atoms with Crippen molar-refractivity contribution >= 4 is 17.5 Å². The lowest BCUT2D eigenvalue weighted by Crippen LogP contribution is -2.51. The first kappa shape index (κ1) is 15.1. The summed E-state index contributed by atoms with van der Waals surface area (Å²) in [7, 11) is 0. The molecule has 2 aromatic rings. The Kier molecular flexibility index (Phi) is 4.18. The second-order valence-corrected chi connectivity index (χ2v) is 6.17. The monoisotopic (exact) mass is 319 g/mol. The summed E-state index contributed by atoms with van der Waals surface area (Å²) in [6.45, 7) is 0.439. The van der Waals surface area contributed by atoms with E-state index in [1.807, 2.05) is 12.1 Å². The lowest BCUT2D eigenvalue weighted by Gasteiger charge is -2.27. The van der Waals surface area contributed by atoms with E-state index in [1.165, 1.54) is 0 Å². The fourth-order valence-corrected chi connectivity index (χ4v) is 3.09. The van der Waals surface area contributed by atoms with Gasteiger partial charge in [0.1, 0.15) is 5.69 Å². The van der Waals surface area contributed by atoms with Gasteiger partial charge in [-0.15, -0.1) is 0 Å². The topological polar surface area (TPSA) is 81.1 Å². The van der Waals surface area contributed by atoms with Gasteiger partial charge < -0.3 is 15.6 Å². The fraction of sp³-hybridized carbons (Fsp3) is 0.375. The molecule has 1 fully saturated rings. The molecule has 1 heterocycles. The van der Waals surface area contributed by atoms with Crippen LogP contribution in [0.5, 0.6) is 0 Å². The summed E-state index contributed by atoms with van der Waals surface area (Å²) in [5.74, 6) is -0.0807. The minimum Gasteiger partial charge on any atom is -0.350 e. The van der Waals surface area contributed by atoms with Crippen molar-refractivity contribution in [1.82, 2.24) is 10.5 Å². The number of amides is 1. The zero-order valence-corrected chi connectivity index (χ0v) is 12.9. The summed E-state index contributed by atoms with van der Waals surface area (Å²) >= 11 is 5.96. The maximum atomic E-state index is 12.3. The zero-order chi connectivity index (χ0) is 15.6. The lowest BCUT2D eigenvalue weighted by molar-refractivity contribution is 0.0865. The SMILES string of the molecule is NCC1(NC(=O)c2cc(-c3cccc(Cl)c3)no2)CCCC1. The number of nitrogens with zero attached hydrogens (tertiary/aromatic N) is 1. The van der Waals surface area contributed by atoms with Crippen molar-refractivity contribution in [2.45, 2.75) is 31.2 Å². The Bertz CT molecular complexity index is 678. The van der Waals surface area contributed by atoms with Crippen LogP contribution in [0.2, 0.25) is 5.02 Å². The lowest BCUT2D eigenvalue weighted by atomic mass is 9.97. The molecule has 22 heavy (non-hydrogen) atoms. The molecule has 116 valence electrons. The molecule has 1 aromatic carbocycles. The quantitative estimate of drug-likeness (QED) is 0.907. The summed E-state index contributed by atoms with van der Waals surface area (Å²) in [5, 5.41) is 7.57. The average Bonchev–Trinajstić information content (AvgIpc) is 3.17. The number of hydrogen-bond donors (Lipinski definition) is 2. The molecule has 1 aromatic heterocycles. The van der Waals surface area contributed by atoms with Crippen LogP contribution in [-0.4, -0.2) is 23.1 Å². The minimum absolute atomic E-state index is 0.190. The first-order valence-corrected chi connectivity index (χ1v) is 7.75. The van der Waals surface area contributed by atoms with E-state index in [0.717, 1.165) is 31.2 Å². The maximum absolute atomic E-state index is 12.3. The van der Waals surface area contributed by atoms with E-state index < -0.39 is 0 Å². The van der Waals surface area contributed by atoms with E-state index in [0.29, 0.717) is 17.3 Å². The fourth-order valence-electron chi connectivity index (χ4n) is 2.90. The third-order valence-electron chi connectivity index (χ3n) is 4.18. The Morgan fingerprint density at radius 2 is 2.14 bits per heavy atom. The largest absolute Gasteiger partial charge is 0.350 e. The van der Waals surface area contributed by atoms with Gasteiger partial charge in [-0.05, 0) is 25.0 Å². The normalized spacial score (nSPS) is 16.6. The highest BCUT2D eigenvalue weighted by molar-refractivity contribution is 6.30. The zero-order valence-electron chi connectivity index (χ0n) is 12.1. The molecular formula is C16H18ClN3O2. The van der Waals surface area contributed by atoms with Crippen molar-refractivity contribution in [3.8, 4) is 11.3 Å². The Morgan fingerprint density at radius 1 is 1.36 bits per heavy atom. The van der Waals surface area contributed by atoms with Gasteiger partial charge in [-0.3, -0.25) is 4.79 Å². The van der Waals surface area contributed by atoms with Gasteiger partial charge in [0, 0.05) is 23.2 Å². The van der Waals surface area contributed by atoms with Crippen LogP contribution in [0.25, 0.3) is 11.3 Å². The second-order valence-electron chi connectivity index (χ2n) is 5.73. The standard InChI is InChI=1S/C16H18ClN3O2/c17-12-5-3-4-11(8-12)13-9-14(22-20-13)15(21)19-16(10-18)6-1-2-7-16/h3-5,8-9H,1-2,6-7,10,18H2,(H,19,21). The molecule has 0 atom stereocenters. The van der Waals surface area contributed by atoms with Crippen LogP contribution in [-0.2, 0) is 0 Å². The average molecular weight is 320 g/mol. The molecule has 1 aliphatic carbocycles. The molecule has 3 rings (SSSR count). The molecule has 6 heteroatoms. The van der Waals surface area contributed by atoms with Crippen molar-refractivity contribution in [1.29, 1.82) is 0 Å². The summed E-state index contributed by atoms with van der Waals surface area (Å²) in [6.07, 6.45) is 3.98. The number of nitrogens with two attached hydrogens (primary N) is 1. The van der Waals surface area contributed by atoms with Crippen LogP contribution >= 0.6 is 11.6 Å². The predicted molar refractivity (Wildman–Crippen MR) is 84.7 cm³/mol. The molecule has 5 nitrogen and oxygen atoms in total. The Hall–Kier alpha value is -1.85. The molecular weight excluding hydrogens is 302 g/mol. The van der Waals surface area contributed by atoms with Crippen molar-refractivity contribution in [3.63, 3.8) is 0 Å². The molecule has 1 aliphatic rings. The molecule has 0 aliphatic heterocycles. The number of benzene rings is 1. The number of carbonyl (C=O) groups excluding carboxylic acids is 1. The highest BCUT2D eigenvalue weighted by Crippen LogP contribution is 2.29. The first-order valence-electron chi connectivity index (χ1n) is 7.37. The van der Waals surface area contributed by atoms with Crippen molar-refractivity contribution in [2.75, 3.05) is 6.54 Å². The van der Waals surface area contributed by atoms with E-state index in [-0.39, 0.29) is 17.2 Å². The van der Waals surface area contributed by atoms with Gasteiger partial charge >= 0.3 is 0 Å². The van der Waals surface area contributed by atoms with Crippen LogP contribution in [0.3, 0.4) is 0 Å².